The average molecular weight is 338 g/mol. The topological polar surface area (TPSA) is 70.0 Å². The molecule has 2 rings (SSSR count). The molecule has 0 radical (unpaired) electrons. The fourth-order valence-electron chi connectivity index (χ4n) is 2.79. The Hall–Kier alpha value is -1.40. The lowest BCUT2D eigenvalue weighted by Gasteiger charge is -2.31. The van der Waals surface area contributed by atoms with Crippen LogP contribution in [-0.4, -0.2) is 44.0 Å². The molecule has 0 bridgehead atoms. The first-order valence-corrected chi connectivity index (χ1v) is 9.27. The first kappa shape index (κ1) is 17.9. The number of sulfonamides is 1. The third kappa shape index (κ3) is 3.93. The second-order valence-electron chi connectivity index (χ2n) is 7.37. The highest BCUT2D eigenvalue weighted by molar-refractivity contribution is 7.90. The van der Waals surface area contributed by atoms with E-state index in [0.717, 1.165) is 5.56 Å². The number of aliphatic hydroxyl groups is 1. The Morgan fingerprint density at radius 2 is 1.83 bits per heavy atom. The van der Waals surface area contributed by atoms with Crippen LogP contribution in [0, 0.1) is 18.3 Å². The third-order valence-electron chi connectivity index (χ3n) is 4.30. The van der Waals surface area contributed by atoms with Crippen LogP contribution in [-0.2, 0) is 10.0 Å². The standard InChI is InChI=1S/C17H26N2O3S/c1-12-6-8-13(9-7-12)23(21,22)18-16-14(10-11-19(16)5)15(20)17(2,3)4/h6-9,14-15,20H,10-11H2,1-5H3/b18-16-/t14-,15+/m1/s1. The predicted molar refractivity (Wildman–Crippen MR) is 92.0 cm³/mol. The van der Waals surface area contributed by atoms with Crippen LogP contribution < -0.4 is 0 Å². The molecule has 0 spiro atoms. The molecule has 23 heavy (non-hydrogen) atoms. The second kappa shape index (κ2) is 6.24. The fraction of sp³-hybridized carbons (Fsp3) is 0.588. The van der Waals surface area contributed by atoms with E-state index >= 15 is 0 Å². The van der Waals surface area contributed by atoms with E-state index in [-0.39, 0.29) is 16.2 Å². The van der Waals surface area contributed by atoms with E-state index in [1.807, 2.05) is 39.6 Å². The molecule has 0 aromatic heterocycles. The Morgan fingerprint density at radius 3 is 2.35 bits per heavy atom. The molecule has 1 aromatic rings. The highest BCUT2D eigenvalue weighted by atomic mass is 32.2. The maximum Gasteiger partial charge on any atom is 0.283 e. The normalized spacial score (nSPS) is 22.6. The summed E-state index contributed by atoms with van der Waals surface area (Å²) in [5.41, 5.74) is 0.667. The van der Waals surface area contributed by atoms with Crippen LogP contribution in [0.4, 0.5) is 0 Å². The van der Waals surface area contributed by atoms with Gasteiger partial charge in [-0.2, -0.15) is 8.42 Å². The number of likely N-dealkylation sites (tertiary alicyclic amines) is 1. The van der Waals surface area contributed by atoms with Crippen LogP contribution in [0.1, 0.15) is 32.8 Å². The first-order chi connectivity index (χ1) is 10.5. The maximum absolute atomic E-state index is 12.6. The average Bonchev–Trinajstić information content (AvgIpc) is 2.78. The highest BCUT2D eigenvalue weighted by Gasteiger charge is 2.39. The molecule has 1 heterocycles. The molecule has 1 aliphatic rings. The van der Waals surface area contributed by atoms with Gasteiger partial charge in [0.15, 0.2) is 0 Å². The Bertz CT molecular complexity index is 688. The Balaban J connectivity index is 2.40. The summed E-state index contributed by atoms with van der Waals surface area (Å²) in [6.45, 7) is 8.44. The summed E-state index contributed by atoms with van der Waals surface area (Å²) in [7, 11) is -1.95. The van der Waals surface area contributed by atoms with E-state index < -0.39 is 16.1 Å². The van der Waals surface area contributed by atoms with Crippen molar-refractivity contribution < 1.29 is 13.5 Å². The number of hydrogen-bond acceptors (Lipinski definition) is 3. The van der Waals surface area contributed by atoms with Gasteiger partial charge in [-0.05, 0) is 30.9 Å². The van der Waals surface area contributed by atoms with Gasteiger partial charge in [-0.3, -0.25) is 0 Å². The second-order valence-corrected chi connectivity index (χ2v) is 8.97. The molecule has 1 N–H and O–H groups in total. The number of aryl methyl sites for hydroxylation is 1. The highest BCUT2D eigenvalue weighted by Crippen LogP contribution is 2.33. The number of rotatable bonds is 3. The van der Waals surface area contributed by atoms with Gasteiger partial charge in [-0.25, -0.2) is 0 Å². The van der Waals surface area contributed by atoms with E-state index in [4.69, 9.17) is 0 Å². The summed E-state index contributed by atoms with van der Waals surface area (Å²) >= 11 is 0. The summed E-state index contributed by atoms with van der Waals surface area (Å²) in [6, 6.07) is 6.65. The van der Waals surface area contributed by atoms with E-state index in [2.05, 4.69) is 4.40 Å². The Labute approximate surface area is 139 Å². The van der Waals surface area contributed by atoms with Gasteiger partial charge in [0.2, 0.25) is 0 Å². The van der Waals surface area contributed by atoms with Crippen LogP contribution in [0.25, 0.3) is 0 Å². The number of nitrogens with zero attached hydrogens (tertiary/aromatic N) is 2. The molecular formula is C17H26N2O3S. The van der Waals surface area contributed by atoms with Crippen LogP contribution in [0.15, 0.2) is 33.6 Å². The predicted octanol–water partition coefficient (Wildman–Crippen LogP) is 2.44. The molecule has 2 atom stereocenters. The molecule has 0 saturated carbocycles. The lowest BCUT2D eigenvalue weighted by molar-refractivity contribution is 0.0353. The molecule has 5 nitrogen and oxygen atoms in total. The van der Waals surface area contributed by atoms with Crippen molar-refractivity contribution in [3.8, 4) is 0 Å². The smallest absolute Gasteiger partial charge is 0.283 e. The van der Waals surface area contributed by atoms with Crippen LogP contribution >= 0.6 is 0 Å². The van der Waals surface area contributed by atoms with Gasteiger partial charge < -0.3 is 10.0 Å². The molecule has 1 aliphatic heterocycles. The number of amidine groups is 1. The van der Waals surface area contributed by atoms with E-state index in [0.29, 0.717) is 18.8 Å². The van der Waals surface area contributed by atoms with Crippen molar-refractivity contribution in [1.29, 1.82) is 0 Å². The molecule has 128 valence electrons. The molecule has 1 fully saturated rings. The van der Waals surface area contributed by atoms with Gasteiger partial charge in [-0.1, -0.05) is 38.5 Å². The largest absolute Gasteiger partial charge is 0.392 e. The molecule has 1 aromatic carbocycles. The van der Waals surface area contributed by atoms with Gasteiger partial charge in [0.25, 0.3) is 10.0 Å². The van der Waals surface area contributed by atoms with Gasteiger partial charge in [-0.15, -0.1) is 4.40 Å². The molecule has 0 amide bonds. The summed E-state index contributed by atoms with van der Waals surface area (Å²) in [5, 5.41) is 10.6. The summed E-state index contributed by atoms with van der Waals surface area (Å²) in [4.78, 5) is 2.01. The molecule has 0 unspecified atom stereocenters. The summed E-state index contributed by atoms with van der Waals surface area (Å²) in [5.74, 6) is 0.188. The van der Waals surface area contributed by atoms with Crippen molar-refractivity contribution in [3.63, 3.8) is 0 Å². The number of hydrogen-bond donors (Lipinski definition) is 1. The minimum Gasteiger partial charge on any atom is -0.392 e. The third-order valence-corrected chi connectivity index (χ3v) is 5.59. The molecule has 6 heteroatoms. The zero-order valence-electron chi connectivity index (χ0n) is 14.4. The van der Waals surface area contributed by atoms with Crippen molar-refractivity contribution in [2.45, 2.75) is 45.1 Å². The first-order valence-electron chi connectivity index (χ1n) is 7.83. The van der Waals surface area contributed by atoms with Crippen molar-refractivity contribution >= 4 is 15.9 Å². The zero-order valence-corrected chi connectivity index (χ0v) is 15.3. The SMILES string of the molecule is Cc1ccc(S(=O)(=O)/N=C2/[C@@H]([C@H](O)C(C)(C)C)CCN2C)cc1. The van der Waals surface area contributed by atoms with Crippen LogP contribution in [0.3, 0.4) is 0 Å². The lowest BCUT2D eigenvalue weighted by atomic mass is 9.80. The molecule has 0 aliphatic carbocycles. The minimum atomic E-state index is -3.77. The minimum absolute atomic E-state index is 0.180. The van der Waals surface area contributed by atoms with Crippen molar-refractivity contribution in [3.05, 3.63) is 29.8 Å². The van der Waals surface area contributed by atoms with E-state index in [9.17, 15) is 13.5 Å². The van der Waals surface area contributed by atoms with Crippen molar-refractivity contribution in [1.82, 2.24) is 4.90 Å². The fourth-order valence-corrected chi connectivity index (χ4v) is 3.89. The van der Waals surface area contributed by atoms with Gasteiger partial charge in [0.05, 0.1) is 11.0 Å². The summed E-state index contributed by atoms with van der Waals surface area (Å²) in [6.07, 6.45) is 0.0661. The van der Waals surface area contributed by atoms with Gasteiger partial charge in [0, 0.05) is 19.5 Å². The molecule has 1 saturated heterocycles. The molecular weight excluding hydrogens is 312 g/mol. The van der Waals surface area contributed by atoms with E-state index in [1.54, 1.807) is 24.3 Å². The van der Waals surface area contributed by atoms with Crippen molar-refractivity contribution in [2.75, 3.05) is 13.6 Å². The van der Waals surface area contributed by atoms with Gasteiger partial charge in [0.1, 0.15) is 5.84 Å². The Kier molecular flexibility index (Phi) is 4.87. The monoisotopic (exact) mass is 338 g/mol. The zero-order chi connectivity index (χ0) is 17.4. The number of benzene rings is 1. The number of aliphatic hydroxyl groups excluding tert-OH is 1. The van der Waals surface area contributed by atoms with Crippen LogP contribution in [0.5, 0.6) is 0 Å². The maximum atomic E-state index is 12.6. The van der Waals surface area contributed by atoms with E-state index in [1.165, 1.54) is 0 Å². The quantitative estimate of drug-likeness (QED) is 0.919. The Morgan fingerprint density at radius 1 is 1.26 bits per heavy atom. The lowest BCUT2D eigenvalue weighted by Crippen LogP contribution is -2.38. The van der Waals surface area contributed by atoms with Crippen molar-refractivity contribution in [2.24, 2.45) is 15.7 Å². The summed E-state index contributed by atoms with van der Waals surface area (Å²) < 4.78 is 29.2. The van der Waals surface area contributed by atoms with Crippen LogP contribution in [0.2, 0.25) is 0 Å². The van der Waals surface area contributed by atoms with Gasteiger partial charge >= 0.3 is 0 Å².